The number of halogens is 1. The highest BCUT2D eigenvalue weighted by Gasteiger charge is 2.02. The van der Waals surface area contributed by atoms with E-state index in [1.54, 1.807) is 18.6 Å². The summed E-state index contributed by atoms with van der Waals surface area (Å²) in [7, 11) is 0. The molecule has 0 aromatic carbocycles. The van der Waals surface area contributed by atoms with Crippen molar-refractivity contribution in [3.63, 3.8) is 0 Å². The number of hydrogen-bond acceptors (Lipinski definition) is 4. The maximum absolute atomic E-state index is 5.70. The zero-order valence-corrected chi connectivity index (χ0v) is 10.0. The van der Waals surface area contributed by atoms with Gasteiger partial charge in [0, 0.05) is 25.0 Å². The van der Waals surface area contributed by atoms with Gasteiger partial charge in [-0.2, -0.15) is 0 Å². The first kappa shape index (κ1) is 10.3. The number of rotatable bonds is 2. The highest BCUT2D eigenvalue weighted by Crippen LogP contribution is 2.11. The third-order valence-corrected chi connectivity index (χ3v) is 2.76. The van der Waals surface area contributed by atoms with Gasteiger partial charge in [0.25, 0.3) is 0 Å². The van der Waals surface area contributed by atoms with Gasteiger partial charge in [-0.25, -0.2) is 9.97 Å². The molecule has 0 fully saturated rings. The van der Waals surface area contributed by atoms with Gasteiger partial charge < -0.3 is 5.73 Å². The highest BCUT2D eigenvalue weighted by atomic mass is 127. The van der Waals surface area contributed by atoms with Gasteiger partial charge in [-0.15, -0.1) is 0 Å². The predicted octanol–water partition coefficient (Wildman–Crippen LogP) is 1.65. The summed E-state index contributed by atoms with van der Waals surface area (Å²) in [4.78, 5) is 12.4. The lowest BCUT2D eigenvalue weighted by molar-refractivity contribution is 0.965. The van der Waals surface area contributed by atoms with E-state index < -0.39 is 0 Å². The summed E-state index contributed by atoms with van der Waals surface area (Å²) in [6, 6.07) is 3.88. The van der Waals surface area contributed by atoms with Crippen LogP contribution in [0.3, 0.4) is 0 Å². The zero-order chi connectivity index (χ0) is 10.7. The maximum atomic E-state index is 5.70. The van der Waals surface area contributed by atoms with E-state index in [9.17, 15) is 0 Å². The molecule has 0 atom stereocenters. The van der Waals surface area contributed by atoms with Crippen molar-refractivity contribution in [3.8, 4) is 0 Å². The first-order valence-electron chi connectivity index (χ1n) is 4.41. The summed E-state index contributed by atoms with van der Waals surface area (Å²) in [5, 5.41) is 0. The summed E-state index contributed by atoms with van der Waals surface area (Å²) in [5.41, 5.74) is 6.83. The van der Waals surface area contributed by atoms with E-state index in [-0.39, 0.29) is 0 Å². The van der Waals surface area contributed by atoms with Crippen molar-refractivity contribution >= 4 is 28.4 Å². The van der Waals surface area contributed by atoms with Crippen LogP contribution in [0.15, 0.2) is 30.7 Å². The van der Waals surface area contributed by atoms with Crippen molar-refractivity contribution in [2.75, 3.05) is 5.73 Å². The molecule has 0 saturated heterocycles. The third-order valence-electron chi connectivity index (χ3n) is 1.93. The van der Waals surface area contributed by atoms with Crippen molar-refractivity contribution in [1.82, 2.24) is 15.0 Å². The Morgan fingerprint density at radius 2 is 2.00 bits per heavy atom. The van der Waals surface area contributed by atoms with Crippen molar-refractivity contribution in [1.29, 1.82) is 0 Å². The molecule has 2 rings (SSSR count). The van der Waals surface area contributed by atoms with Crippen LogP contribution < -0.4 is 5.73 Å². The number of nitrogen functional groups attached to an aromatic ring is 1. The molecule has 2 aromatic rings. The van der Waals surface area contributed by atoms with Crippen molar-refractivity contribution in [2.45, 2.75) is 6.42 Å². The van der Waals surface area contributed by atoms with E-state index >= 15 is 0 Å². The van der Waals surface area contributed by atoms with E-state index in [1.165, 1.54) is 0 Å². The Hall–Kier alpha value is -1.24. The van der Waals surface area contributed by atoms with Gasteiger partial charge in [-0.1, -0.05) is 0 Å². The second-order valence-corrected chi connectivity index (χ2v) is 4.21. The van der Waals surface area contributed by atoms with Crippen LogP contribution in [0, 0.1) is 3.57 Å². The minimum atomic E-state index is 0.537. The van der Waals surface area contributed by atoms with Crippen LogP contribution in [-0.2, 0) is 6.42 Å². The molecule has 15 heavy (non-hydrogen) atoms. The molecule has 0 aliphatic heterocycles. The second-order valence-electron chi connectivity index (χ2n) is 3.05. The monoisotopic (exact) mass is 312 g/mol. The fourth-order valence-corrected chi connectivity index (χ4v) is 1.45. The normalized spacial score (nSPS) is 10.2. The van der Waals surface area contributed by atoms with Crippen molar-refractivity contribution in [2.24, 2.45) is 0 Å². The Balaban J connectivity index is 2.22. The van der Waals surface area contributed by atoms with Crippen LogP contribution in [0.2, 0.25) is 0 Å². The summed E-state index contributed by atoms with van der Waals surface area (Å²) >= 11 is 2.11. The van der Waals surface area contributed by atoms with Gasteiger partial charge in [-0.05, 0) is 40.3 Å². The van der Waals surface area contributed by atoms with Gasteiger partial charge in [0.2, 0.25) is 0 Å². The number of nitrogens with two attached hydrogens (primary N) is 1. The molecular formula is C10H9IN4. The summed E-state index contributed by atoms with van der Waals surface area (Å²) < 4.78 is 0.881. The Morgan fingerprint density at radius 3 is 2.67 bits per heavy atom. The van der Waals surface area contributed by atoms with Gasteiger partial charge >= 0.3 is 0 Å². The molecule has 2 N–H and O–H groups in total. The molecule has 0 bridgehead atoms. The number of pyridine rings is 1. The van der Waals surface area contributed by atoms with E-state index in [0.717, 1.165) is 15.0 Å². The molecule has 4 nitrogen and oxygen atoms in total. The van der Waals surface area contributed by atoms with Crippen LogP contribution in [0.5, 0.6) is 0 Å². The van der Waals surface area contributed by atoms with Crippen LogP contribution in [0.25, 0.3) is 0 Å². The van der Waals surface area contributed by atoms with Gasteiger partial charge in [0.1, 0.15) is 11.6 Å². The smallest absolute Gasteiger partial charge is 0.140 e. The largest absolute Gasteiger partial charge is 0.383 e. The fourth-order valence-electron chi connectivity index (χ4n) is 1.19. The van der Waals surface area contributed by atoms with E-state index in [1.807, 2.05) is 12.1 Å². The van der Waals surface area contributed by atoms with Crippen LogP contribution in [0.4, 0.5) is 5.82 Å². The molecule has 2 heterocycles. The molecule has 0 amide bonds. The third kappa shape index (κ3) is 2.62. The van der Waals surface area contributed by atoms with Crippen LogP contribution >= 0.6 is 22.6 Å². The predicted molar refractivity (Wildman–Crippen MR) is 66.2 cm³/mol. The summed E-state index contributed by atoms with van der Waals surface area (Å²) in [6.07, 6.45) is 5.93. The molecule has 0 spiro atoms. The highest BCUT2D eigenvalue weighted by molar-refractivity contribution is 14.1. The quantitative estimate of drug-likeness (QED) is 0.857. The lowest BCUT2D eigenvalue weighted by atomic mass is 10.2. The molecule has 0 aliphatic rings. The van der Waals surface area contributed by atoms with Gasteiger partial charge in [0.05, 0.1) is 3.57 Å². The molecular weight excluding hydrogens is 303 g/mol. The lowest BCUT2D eigenvalue weighted by Crippen LogP contribution is -2.02. The molecule has 0 aliphatic carbocycles. The van der Waals surface area contributed by atoms with Gasteiger partial charge in [0.15, 0.2) is 0 Å². The minimum absolute atomic E-state index is 0.537. The number of nitrogens with zero attached hydrogens (tertiary/aromatic N) is 3. The average Bonchev–Trinajstić information content (AvgIpc) is 2.25. The molecule has 0 radical (unpaired) electrons. The summed E-state index contributed by atoms with van der Waals surface area (Å²) in [6.45, 7) is 0. The lowest BCUT2D eigenvalue weighted by Gasteiger charge is -2.02. The first-order chi connectivity index (χ1) is 7.25. The van der Waals surface area contributed by atoms with E-state index in [0.29, 0.717) is 12.2 Å². The van der Waals surface area contributed by atoms with Crippen LogP contribution in [-0.4, -0.2) is 15.0 Å². The van der Waals surface area contributed by atoms with E-state index in [4.69, 9.17) is 5.73 Å². The first-order valence-corrected chi connectivity index (χ1v) is 5.49. The molecule has 0 saturated carbocycles. The Kier molecular flexibility index (Phi) is 3.10. The minimum Gasteiger partial charge on any atom is -0.383 e. The van der Waals surface area contributed by atoms with Gasteiger partial charge in [-0.3, -0.25) is 4.98 Å². The Bertz CT molecular complexity index is 458. The number of anilines is 1. The zero-order valence-electron chi connectivity index (χ0n) is 7.89. The van der Waals surface area contributed by atoms with Crippen molar-refractivity contribution in [3.05, 3.63) is 45.7 Å². The van der Waals surface area contributed by atoms with Crippen molar-refractivity contribution < 1.29 is 0 Å². The SMILES string of the molecule is Nc1nc(Cc2ccncc2)ncc1I. The number of hydrogen-bond donors (Lipinski definition) is 1. The Labute approximate surface area is 101 Å². The number of aromatic nitrogens is 3. The maximum Gasteiger partial charge on any atom is 0.140 e. The molecule has 0 unspecified atom stereocenters. The average molecular weight is 312 g/mol. The molecule has 5 heteroatoms. The van der Waals surface area contributed by atoms with Crippen LogP contribution in [0.1, 0.15) is 11.4 Å². The second kappa shape index (κ2) is 4.52. The fraction of sp³-hybridized carbons (Fsp3) is 0.100. The molecule has 76 valence electrons. The topological polar surface area (TPSA) is 64.7 Å². The summed E-state index contributed by atoms with van der Waals surface area (Å²) in [5.74, 6) is 1.27. The van der Waals surface area contributed by atoms with E-state index in [2.05, 4.69) is 37.5 Å². The standard InChI is InChI=1S/C10H9IN4/c11-8-6-14-9(15-10(8)12)5-7-1-3-13-4-2-7/h1-4,6H,5H2,(H2,12,14,15). The Morgan fingerprint density at radius 1 is 1.27 bits per heavy atom. The molecule has 2 aromatic heterocycles.